The fraction of sp³-hybridized carbons (Fsp3) is 0.391. The standard InChI is InChI=1S/C46H48Br2FN7O8/c1-42(2)25-13-15-27(16-14-25)44(42,4)46(37(51)58,39(60)64-41(53)62)55-22-6-8-31(55)35-33(48)32(47)34(56(35)29-19-17-28(49)18-20-29)30-7-5-21-54(30)45(36(50)57,38(59)63-40(52)61)43(3)23-24-9-11-26(43)12-10-24/h9-20,30-31H,5-8,21-23H2,1-4H3,(H2,50,57)(H2,51,58)(H2,52,61)(H2,53,62)/t30?,31?,43?,44?,45-,46-/m0/s1. The Bertz CT molecular complexity index is 2640. The number of ether oxygens (including phenoxy) is 2. The van der Waals surface area contributed by atoms with Crippen molar-refractivity contribution in [1.29, 1.82) is 0 Å². The Labute approximate surface area is 385 Å². The third-order valence-corrected chi connectivity index (χ3v) is 17.1. The number of fused-ring (bicyclic) bond motifs is 6. The predicted molar refractivity (Wildman–Crippen MR) is 238 cm³/mol. The average molecular weight is 1010 g/mol. The summed E-state index contributed by atoms with van der Waals surface area (Å²) in [5, 5.41) is 0. The van der Waals surface area contributed by atoms with Crippen LogP contribution in [0.5, 0.6) is 0 Å². The van der Waals surface area contributed by atoms with E-state index in [1.807, 2.05) is 54.8 Å². The summed E-state index contributed by atoms with van der Waals surface area (Å²) in [6, 6.07) is 18.8. The highest BCUT2D eigenvalue weighted by Gasteiger charge is 2.72. The van der Waals surface area contributed by atoms with Crippen LogP contribution in [0.1, 0.15) is 99.1 Å². The summed E-state index contributed by atoms with van der Waals surface area (Å²) in [7, 11) is 0. The summed E-state index contributed by atoms with van der Waals surface area (Å²) in [5.41, 5.74) is 19.7. The van der Waals surface area contributed by atoms with Crippen LogP contribution in [0.2, 0.25) is 0 Å². The number of hydrogen-bond donors (Lipinski definition) is 4. The van der Waals surface area contributed by atoms with Crippen LogP contribution in [0.25, 0.3) is 5.69 Å². The van der Waals surface area contributed by atoms with E-state index in [1.54, 1.807) is 47.9 Å². The van der Waals surface area contributed by atoms with E-state index >= 15 is 0 Å². The summed E-state index contributed by atoms with van der Waals surface area (Å²) < 4.78 is 28.0. The fourth-order valence-electron chi connectivity index (χ4n) is 11.9. The van der Waals surface area contributed by atoms with Crippen molar-refractivity contribution in [3.8, 4) is 5.69 Å². The molecule has 4 unspecified atom stereocenters. The largest absolute Gasteiger partial charge is 0.412 e. The molecule has 0 radical (unpaired) electrons. The van der Waals surface area contributed by atoms with Crippen molar-refractivity contribution >= 4 is 67.8 Å². The number of hydrogen-bond acceptors (Lipinski definition) is 10. The molecule has 4 bridgehead atoms. The average Bonchev–Trinajstić information content (AvgIpc) is 3.96. The van der Waals surface area contributed by atoms with Crippen molar-refractivity contribution in [2.45, 2.75) is 99.2 Å². The van der Waals surface area contributed by atoms with Gasteiger partial charge >= 0.3 is 24.1 Å². The highest BCUT2D eigenvalue weighted by atomic mass is 79.9. The zero-order chi connectivity index (χ0) is 46.5. The highest BCUT2D eigenvalue weighted by molar-refractivity contribution is 9.13. The van der Waals surface area contributed by atoms with Gasteiger partial charge in [0.1, 0.15) is 5.82 Å². The summed E-state index contributed by atoms with van der Waals surface area (Å²) in [5.74, 6) is -5.16. The normalized spacial score (nSPS) is 25.4. The summed E-state index contributed by atoms with van der Waals surface area (Å²) >= 11 is 7.74. The lowest BCUT2D eigenvalue weighted by molar-refractivity contribution is -0.169. The van der Waals surface area contributed by atoms with E-state index in [1.165, 1.54) is 12.1 Å². The first-order valence-electron chi connectivity index (χ1n) is 20.8. The molecular formula is C46H48Br2FN7O8. The minimum atomic E-state index is -2.38. The Balaban J connectivity index is 1.40. The second kappa shape index (κ2) is 15.6. The quantitative estimate of drug-likeness (QED) is 0.103. The molecular weight excluding hydrogens is 957 g/mol. The smallest absolute Gasteiger partial charge is 0.375 e. The Hall–Kier alpha value is -5.43. The van der Waals surface area contributed by atoms with E-state index in [4.69, 9.17) is 32.4 Å². The number of likely N-dealkylation sites (tertiary alicyclic amines) is 2. The first kappa shape index (κ1) is 45.1. The predicted octanol–water partition coefficient (Wildman–Crippen LogP) is 5.87. The van der Waals surface area contributed by atoms with Crippen molar-refractivity contribution in [1.82, 2.24) is 14.4 Å². The van der Waals surface area contributed by atoms with E-state index in [-0.39, 0.29) is 19.5 Å². The molecule has 64 heavy (non-hydrogen) atoms. The van der Waals surface area contributed by atoms with Crippen LogP contribution in [0.15, 0.2) is 81.7 Å². The van der Waals surface area contributed by atoms with Crippen molar-refractivity contribution in [3.63, 3.8) is 0 Å². The first-order valence-corrected chi connectivity index (χ1v) is 22.4. The number of carbonyl (C=O) groups excluding carboxylic acids is 6. The van der Waals surface area contributed by atoms with Crippen LogP contribution in [-0.2, 0) is 51.3 Å². The molecule has 0 saturated carbocycles. The molecule has 2 saturated heterocycles. The maximum atomic E-state index is 15.0. The second-order valence-corrected chi connectivity index (χ2v) is 19.6. The van der Waals surface area contributed by atoms with E-state index in [9.17, 15) is 33.2 Å². The lowest BCUT2D eigenvalue weighted by Crippen LogP contribution is -2.77. The summed E-state index contributed by atoms with van der Waals surface area (Å²) in [6.07, 6.45) is -1.10. The molecule has 4 amide bonds. The van der Waals surface area contributed by atoms with Gasteiger partial charge in [-0.15, -0.1) is 0 Å². The van der Waals surface area contributed by atoms with Gasteiger partial charge in [0.15, 0.2) is 0 Å². The van der Waals surface area contributed by atoms with E-state index < -0.39 is 81.2 Å². The first-order chi connectivity index (χ1) is 30.1. The van der Waals surface area contributed by atoms with E-state index in [2.05, 4.69) is 31.9 Å². The Morgan fingerprint density at radius 3 is 1.50 bits per heavy atom. The number of nitrogens with zero attached hydrogens (tertiary/aromatic N) is 3. The van der Waals surface area contributed by atoms with E-state index in [0.717, 1.165) is 11.1 Å². The van der Waals surface area contributed by atoms with E-state index in [0.29, 0.717) is 62.8 Å². The van der Waals surface area contributed by atoms with Gasteiger partial charge in [0.25, 0.3) is 11.8 Å². The molecule has 6 aliphatic rings. The Kier molecular flexibility index (Phi) is 11.0. The number of benzene rings is 3. The van der Waals surface area contributed by atoms with Crippen molar-refractivity contribution in [3.05, 3.63) is 121 Å². The van der Waals surface area contributed by atoms with Crippen LogP contribution in [0.4, 0.5) is 14.0 Å². The van der Waals surface area contributed by atoms with Crippen molar-refractivity contribution < 1.29 is 42.6 Å². The maximum absolute atomic E-state index is 15.0. The lowest BCUT2D eigenvalue weighted by Gasteiger charge is -2.59. The molecule has 18 heteroatoms. The summed E-state index contributed by atoms with van der Waals surface area (Å²) in [4.78, 5) is 87.1. The molecule has 0 spiro atoms. The molecule has 4 aromatic rings. The molecule has 1 aromatic heterocycles. The number of primary amides is 4. The molecule has 4 aliphatic carbocycles. The van der Waals surface area contributed by atoms with Gasteiger partial charge in [-0.05, 0) is 110 Å². The number of halogens is 3. The zero-order valence-corrected chi connectivity index (χ0v) is 38.8. The molecule has 3 aromatic carbocycles. The lowest BCUT2D eigenvalue weighted by atomic mass is 9.48. The third kappa shape index (κ3) is 6.00. The summed E-state index contributed by atoms with van der Waals surface area (Å²) in [6.45, 7) is 7.53. The van der Waals surface area contributed by atoms with Crippen LogP contribution in [0, 0.1) is 5.82 Å². The number of amides is 4. The van der Waals surface area contributed by atoms with Gasteiger partial charge in [0.2, 0.25) is 11.1 Å². The monoisotopic (exact) mass is 1000 g/mol. The zero-order valence-electron chi connectivity index (χ0n) is 35.6. The van der Waals surface area contributed by atoms with Gasteiger partial charge in [-0.2, -0.15) is 0 Å². The molecule has 10 rings (SSSR count). The molecule has 6 atom stereocenters. The topological polar surface area (TPSA) is 236 Å². The molecule has 2 aliphatic heterocycles. The maximum Gasteiger partial charge on any atom is 0.412 e. The van der Waals surface area contributed by atoms with Gasteiger partial charge in [0, 0.05) is 35.0 Å². The molecule has 15 nitrogen and oxygen atoms in total. The number of carbonyl (C=O) groups is 6. The number of esters is 2. The van der Waals surface area contributed by atoms with Crippen molar-refractivity contribution in [2.75, 3.05) is 13.1 Å². The highest BCUT2D eigenvalue weighted by Crippen LogP contribution is 2.60. The van der Waals surface area contributed by atoms with Crippen LogP contribution in [-0.4, -0.2) is 74.5 Å². The molecule has 336 valence electrons. The third-order valence-electron chi connectivity index (χ3n) is 15.0. The fourth-order valence-corrected chi connectivity index (χ4v) is 13.2. The second-order valence-electron chi connectivity index (χ2n) is 18.0. The van der Waals surface area contributed by atoms with Gasteiger partial charge < -0.3 is 37.0 Å². The van der Waals surface area contributed by atoms with Gasteiger partial charge in [-0.3, -0.25) is 19.4 Å². The number of aromatic nitrogens is 1. The van der Waals surface area contributed by atoms with Gasteiger partial charge in [-0.25, -0.2) is 23.6 Å². The molecule has 8 N–H and O–H groups in total. The van der Waals surface area contributed by atoms with Gasteiger partial charge in [-0.1, -0.05) is 76.2 Å². The Morgan fingerprint density at radius 2 is 1.08 bits per heavy atom. The molecule has 3 heterocycles. The minimum absolute atomic E-state index is 0.118. The molecule has 2 fully saturated rings. The van der Waals surface area contributed by atoms with Gasteiger partial charge in [0.05, 0.1) is 32.4 Å². The van der Waals surface area contributed by atoms with Crippen LogP contribution < -0.4 is 22.9 Å². The number of rotatable bonds is 11. The van der Waals surface area contributed by atoms with Crippen LogP contribution >= 0.6 is 31.9 Å². The van der Waals surface area contributed by atoms with Crippen LogP contribution in [0.3, 0.4) is 0 Å². The number of nitrogens with two attached hydrogens (primary N) is 4. The SMILES string of the molecule is CC1(C)c2ccc(cc2)C1(C)[C@](C(N)=O)(C(=O)OC(N)=O)N1CCCC1c1c(Br)c(Br)c(C2CCCN2[C@@](C(N)=O)(C(=O)OC(N)=O)C2(C)Cc3ccc2cc3)n1-c1ccc(F)cc1. The van der Waals surface area contributed by atoms with Crippen molar-refractivity contribution in [2.24, 2.45) is 22.9 Å². The Morgan fingerprint density at radius 1 is 0.641 bits per heavy atom. The minimum Gasteiger partial charge on any atom is -0.375 e.